The summed E-state index contributed by atoms with van der Waals surface area (Å²) >= 11 is 0. The van der Waals surface area contributed by atoms with Crippen molar-refractivity contribution in [3.8, 4) is 0 Å². The molecule has 1 aliphatic carbocycles. The van der Waals surface area contributed by atoms with Gasteiger partial charge in [-0.25, -0.2) is 8.42 Å². The molecule has 2 rings (SSSR count). The minimum absolute atomic E-state index is 0.0320. The highest BCUT2D eigenvalue weighted by Gasteiger charge is 2.27. The van der Waals surface area contributed by atoms with Crippen molar-refractivity contribution in [2.24, 2.45) is 5.92 Å². The molecule has 1 amide bonds. The molecule has 0 aromatic rings. The van der Waals surface area contributed by atoms with Gasteiger partial charge in [0.05, 0.1) is 11.5 Å². The van der Waals surface area contributed by atoms with Gasteiger partial charge in [0.15, 0.2) is 9.84 Å². The van der Waals surface area contributed by atoms with Crippen LogP contribution in [0.25, 0.3) is 0 Å². The number of nitrogens with one attached hydrogen (secondary N) is 1. The molecule has 1 heterocycles. The van der Waals surface area contributed by atoms with Crippen molar-refractivity contribution in [3.63, 3.8) is 0 Å². The Balaban J connectivity index is 1.77. The Bertz CT molecular complexity index is 397. The molecule has 110 valence electrons. The summed E-state index contributed by atoms with van der Waals surface area (Å²) in [7, 11) is -2.90. The SMILES string of the molecule is O=C(CC1CCCS(=O)(=O)C1)NC1CCCCCC1. The fraction of sp³-hybridized carbons (Fsp3) is 0.929. The summed E-state index contributed by atoms with van der Waals surface area (Å²) in [4.78, 5) is 12.0. The quantitative estimate of drug-likeness (QED) is 0.808. The van der Waals surface area contributed by atoms with Crippen LogP contribution in [0.4, 0.5) is 0 Å². The molecule has 2 aliphatic rings. The molecule has 0 radical (unpaired) electrons. The van der Waals surface area contributed by atoms with Crippen LogP contribution in [0.1, 0.15) is 57.8 Å². The van der Waals surface area contributed by atoms with Crippen LogP contribution in [0.3, 0.4) is 0 Å². The lowest BCUT2D eigenvalue weighted by atomic mass is 10.0. The number of amides is 1. The van der Waals surface area contributed by atoms with Crippen molar-refractivity contribution in [2.45, 2.75) is 63.8 Å². The number of hydrogen-bond donors (Lipinski definition) is 1. The average molecular weight is 287 g/mol. The fourth-order valence-electron chi connectivity index (χ4n) is 3.25. The van der Waals surface area contributed by atoms with Gasteiger partial charge < -0.3 is 5.32 Å². The zero-order valence-corrected chi connectivity index (χ0v) is 12.4. The molecule has 1 saturated heterocycles. The third kappa shape index (κ3) is 5.13. The third-order valence-corrected chi connectivity index (χ3v) is 6.14. The van der Waals surface area contributed by atoms with Crippen LogP contribution in [0.15, 0.2) is 0 Å². The van der Waals surface area contributed by atoms with E-state index in [1.54, 1.807) is 0 Å². The Morgan fingerprint density at radius 1 is 1.00 bits per heavy atom. The second-order valence-corrected chi connectivity index (χ2v) is 8.31. The monoisotopic (exact) mass is 287 g/mol. The molecule has 0 spiro atoms. The van der Waals surface area contributed by atoms with E-state index >= 15 is 0 Å². The van der Waals surface area contributed by atoms with Gasteiger partial charge in [-0.15, -0.1) is 0 Å². The molecule has 19 heavy (non-hydrogen) atoms. The van der Waals surface area contributed by atoms with Crippen molar-refractivity contribution in [1.82, 2.24) is 5.32 Å². The van der Waals surface area contributed by atoms with E-state index in [1.807, 2.05) is 0 Å². The lowest BCUT2D eigenvalue weighted by Crippen LogP contribution is -2.37. The highest BCUT2D eigenvalue weighted by Crippen LogP contribution is 2.22. The van der Waals surface area contributed by atoms with Gasteiger partial charge in [0.25, 0.3) is 0 Å². The topological polar surface area (TPSA) is 63.2 Å². The number of rotatable bonds is 3. The van der Waals surface area contributed by atoms with E-state index in [0.29, 0.717) is 24.6 Å². The molecule has 2 fully saturated rings. The number of carbonyl (C=O) groups is 1. The Morgan fingerprint density at radius 3 is 2.32 bits per heavy atom. The van der Waals surface area contributed by atoms with Crippen LogP contribution in [0.2, 0.25) is 0 Å². The first-order valence-corrected chi connectivity index (χ1v) is 9.37. The lowest BCUT2D eigenvalue weighted by molar-refractivity contribution is -0.122. The van der Waals surface area contributed by atoms with Crippen LogP contribution in [-0.4, -0.2) is 31.9 Å². The summed E-state index contributed by atoms with van der Waals surface area (Å²) in [6.45, 7) is 0. The first-order chi connectivity index (χ1) is 9.05. The molecular weight excluding hydrogens is 262 g/mol. The molecule has 0 aromatic carbocycles. The molecule has 1 aliphatic heterocycles. The normalized spacial score (nSPS) is 28.5. The van der Waals surface area contributed by atoms with Crippen LogP contribution in [0.5, 0.6) is 0 Å². The second kappa shape index (κ2) is 6.73. The second-order valence-electron chi connectivity index (χ2n) is 6.08. The van der Waals surface area contributed by atoms with Crippen LogP contribution in [0, 0.1) is 5.92 Å². The number of carbonyl (C=O) groups excluding carboxylic acids is 1. The van der Waals surface area contributed by atoms with Gasteiger partial charge in [-0.3, -0.25) is 4.79 Å². The summed E-state index contributed by atoms with van der Waals surface area (Å²) in [6, 6.07) is 0.315. The van der Waals surface area contributed by atoms with E-state index in [1.165, 1.54) is 25.7 Å². The Kier molecular flexibility index (Phi) is 5.25. The summed E-state index contributed by atoms with van der Waals surface area (Å²) < 4.78 is 23.1. The molecule has 4 nitrogen and oxygen atoms in total. The largest absolute Gasteiger partial charge is 0.353 e. The van der Waals surface area contributed by atoms with E-state index in [0.717, 1.165) is 19.3 Å². The maximum Gasteiger partial charge on any atom is 0.220 e. The van der Waals surface area contributed by atoms with E-state index in [-0.39, 0.29) is 17.6 Å². The first kappa shape index (κ1) is 14.8. The Morgan fingerprint density at radius 2 is 1.68 bits per heavy atom. The van der Waals surface area contributed by atoms with Gasteiger partial charge in [0.2, 0.25) is 5.91 Å². The van der Waals surface area contributed by atoms with Gasteiger partial charge in [0, 0.05) is 12.5 Å². The standard InChI is InChI=1S/C14H25NO3S/c16-14(15-13-7-3-1-2-4-8-13)10-12-6-5-9-19(17,18)11-12/h12-13H,1-11H2,(H,15,16). The van der Waals surface area contributed by atoms with E-state index in [2.05, 4.69) is 5.32 Å². The Labute approximate surface area is 116 Å². The van der Waals surface area contributed by atoms with Gasteiger partial charge in [0.1, 0.15) is 0 Å². The van der Waals surface area contributed by atoms with Gasteiger partial charge in [-0.1, -0.05) is 25.7 Å². The predicted molar refractivity (Wildman–Crippen MR) is 75.6 cm³/mol. The summed E-state index contributed by atoms with van der Waals surface area (Å²) in [5, 5.41) is 3.10. The lowest BCUT2D eigenvalue weighted by Gasteiger charge is -2.23. The van der Waals surface area contributed by atoms with Crippen molar-refractivity contribution in [1.29, 1.82) is 0 Å². The van der Waals surface area contributed by atoms with Crippen molar-refractivity contribution < 1.29 is 13.2 Å². The van der Waals surface area contributed by atoms with Gasteiger partial charge in [-0.2, -0.15) is 0 Å². The molecule has 1 unspecified atom stereocenters. The maximum atomic E-state index is 12.0. The van der Waals surface area contributed by atoms with Crippen LogP contribution >= 0.6 is 0 Å². The predicted octanol–water partition coefficient (Wildman–Crippen LogP) is 2.04. The van der Waals surface area contributed by atoms with Crippen LogP contribution in [-0.2, 0) is 14.6 Å². The molecule has 0 bridgehead atoms. The highest BCUT2D eigenvalue weighted by molar-refractivity contribution is 7.91. The molecular formula is C14H25NO3S. The maximum absolute atomic E-state index is 12.0. The van der Waals surface area contributed by atoms with E-state index < -0.39 is 9.84 Å². The minimum atomic E-state index is -2.90. The number of sulfone groups is 1. The van der Waals surface area contributed by atoms with Crippen molar-refractivity contribution in [3.05, 3.63) is 0 Å². The van der Waals surface area contributed by atoms with Crippen molar-refractivity contribution >= 4 is 15.7 Å². The van der Waals surface area contributed by atoms with Crippen molar-refractivity contribution in [2.75, 3.05) is 11.5 Å². The molecule has 1 atom stereocenters. The van der Waals surface area contributed by atoms with E-state index in [9.17, 15) is 13.2 Å². The summed E-state index contributed by atoms with van der Waals surface area (Å²) in [5.41, 5.74) is 0. The third-order valence-electron chi connectivity index (χ3n) is 4.25. The first-order valence-electron chi connectivity index (χ1n) is 7.55. The molecule has 1 saturated carbocycles. The molecule has 5 heteroatoms. The smallest absolute Gasteiger partial charge is 0.220 e. The van der Waals surface area contributed by atoms with Gasteiger partial charge >= 0.3 is 0 Å². The summed E-state index contributed by atoms with van der Waals surface area (Å²) in [6.07, 6.45) is 9.06. The molecule has 1 N–H and O–H groups in total. The zero-order chi connectivity index (χ0) is 13.7. The average Bonchev–Trinajstić information content (AvgIpc) is 2.56. The Hall–Kier alpha value is -0.580. The highest BCUT2D eigenvalue weighted by atomic mass is 32.2. The zero-order valence-electron chi connectivity index (χ0n) is 11.6. The number of hydrogen-bond acceptors (Lipinski definition) is 3. The molecule has 0 aromatic heterocycles. The van der Waals surface area contributed by atoms with Gasteiger partial charge in [-0.05, 0) is 31.6 Å². The summed E-state index contributed by atoms with van der Waals surface area (Å²) in [5.74, 6) is 0.581. The van der Waals surface area contributed by atoms with E-state index in [4.69, 9.17) is 0 Å². The fourth-order valence-corrected chi connectivity index (χ4v) is 5.03. The van der Waals surface area contributed by atoms with Crippen LogP contribution < -0.4 is 5.32 Å². The minimum Gasteiger partial charge on any atom is -0.353 e.